The van der Waals surface area contributed by atoms with Gasteiger partial charge in [0.15, 0.2) is 0 Å². The highest BCUT2D eigenvalue weighted by Crippen LogP contribution is 2.30. The van der Waals surface area contributed by atoms with Gasteiger partial charge >= 0.3 is 6.36 Å². The highest BCUT2D eigenvalue weighted by molar-refractivity contribution is 5.84. The van der Waals surface area contributed by atoms with Crippen LogP contribution >= 0.6 is 0 Å². The number of aryl methyl sites for hydroxylation is 2. The minimum Gasteiger partial charge on any atom is -0.406 e. The topological polar surface area (TPSA) is 27.1 Å². The summed E-state index contributed by atoms with van der Waals surface area (Å²) in [6, 6.07) is 16.5. The highest BCUT2D eigenvalue weighted by atomic mass is 19.4. The van der Waals surface area contributed by atoms with Crippen LogP contribution < -0.4 is 4.74 Å². The number of halogens is 3. The van der Waals surface area contributed by atoms with E-state index in [0.29, 0.717) is 6.54 Å². The van der Waals surface area contributed by atoms with Crippen LogP contribution in [-0.4, -0.2) is 15.9 Å². The second-order valence-corrected chi connectivity index (χ2v) is 7.42. The van der Waals surface area contributed by atoms with E-state index in [9.17, 15) is 13.2 Å². The Morgan fingerprint density at radius 2 is 1.61 bits per heavy atom. The zero-order valence-corrected chi connectivity index (χ0v) is 17.4. The summed E-state index contributed by atoms with van der Waals surface area (Å²) in [5.41, 5.74) is 6.60. The number of benzene rings is 2. The molecule has 4 rings (SSSR count). The third-order valence-electron chi connectivity index (χ3n) is 5.42. The van der Waals surface area contributed by atoms with E-state index < -0.39 is 6.36 Å². The highest BCUT2D eigenvalue weighted by Gasteiger charge is 2.30. The lowest BCUT2D eigenvalue weighted by atomic mass is 9.94. The van der Waals surface area contributed by atoms with Gasteiger partial charge in [-0.3, -0.25) is 4.98 Å². The standard InChI is InChI=1S/C25H23F3N2O/c1-3-18-6-5-7-19(4-2)24(18)22-14-20-12-13-30(23(20)15-29-22)16-17-8-10-21(11-9-17)31-25(26,27)28/h5-15H,3-4,16H2,1-2H3. The number of aromatic nitrogens is 2. The second-order valence-electron chi connectivity index (χ2n) is 7.42. The lowest BCUT2D eigenvalue weighted by Crippen LogP contribution is -2.17. The molecule has 0 radical (unpaired) electrons. The number of rotatable bonds is 6. The molecule has 0 bridgehead atoms. The molecule has 0 aliphatic rings. The predicted octanol–water partition coefficient (Wildman–Crippen LogP) is 6.78. The SMILES string of the molecule is CCc1cccc(CC)c1-c1cc2ccn(Cc3ccc(OC(F)(F)F)cc3)c2cn1. The van der Waals surface area contributed by atoms with Crippen LogP contribution in [0.3, 0.4) is 0 Å². The molecule has 0 spiro atoms. The molecule has 2 heterocycles. The number of nitrogens with zero attached hydrogens (tertiary/aromatic N) is 2. The Labute approximate surface area is 179 Å². The van der Waals surface area contributed by atoms with Crippen molar-refractivity contribution in [1.82, 2.24) is 9.55 Å². The molecule has 0 aliphatic carbocycles. The van der Waals surface area contributed by atoms with E-state index in [2.05, 4.69) is 42.8 Å². The smallest absolute Gasteiger partial charge is 0.406 e. The number of pyridine rings is 1. The summed E-state index contributed by atoms with van der Waals surface area (Å²) >= 11 is 0. The van der Waals surface area contributed by atoms with Gasteiger partial charge in [-0.15, -0.1) is 13.2 Å². The minimum atomic E-state index is -4.68. The molecule has 2 aromatic heterocycles. The molecular weight excluding hydrogens is 401 g/mol. The van der Waals surface area contributed by atoms with E-state index in [0.717, 1.165) is 35.0 Å². The van der Waals surface area contributed by atoms with Gasteiger partial charge in [0.05, 0.1) is 17.4 Å². The maximum atomic E-state index is 12.3. The van der Waals surface area contributed by atoms with E-state index in [1.54, 1.807) is 12.1 Å². The van der Waals surface area contributed by atoms with Gasteiger partial charge in [0.2, 0.25) is 0 Å². The number of hydrogen-bond acceptors (Lipinski definition) is 2. The van der Waals surface area contributed by atoms with E-state index in [1.165, 1.54) is 28.8 Å². The molecule has 3 nitrogen and oxygen atoms in total. The fourth-order valence-corrected chi connectivity index (χ4v) is 3.93. The van der Waals surface area contributed by atoms with Crippen LogP contribution in [0, 0.1) is 0 Å². The summed E-state index contributed by atoms with van der Waals surface area (Å²) in [6.07, 6.45) is 1.05. The number of fused-ring (bicyclic) bond motifs is 1. The third-order valence-corrected chi connectivity index (χ3v) is 5.42. The van der Waals surface area contributed by atoms with Gasteiger partial charge in [0.1, 0.15) is 5.75 Å². The molecular formula is C25H23F3N2O. The second kappa shape index (κ2) is 8.46. The Morgan fingerprint density at radius 1 is 0.935 bits per heavy atom. The molecule has 31 heavy (non-hydrogen) atoms. The van der Waals surface area contributed by atoms with Gasteiger partial charge in [-0.05, 0) is 53.8 Å². The summed E-state index contributed by atoms with van der Waals surface area (Å²) in [5, 5.41) is 1.08. The molecule has 0 unspecified atom stereocenters. The molecule has 0 saturated carbocycles. The molecule has 0 fully saturated rings. The van der Waals surface area contributed by atoms with Crippen LogP contribution in [0.2, 0.25) is 0 Å². The van der Waals surface area contributed by atoms with Crippen LogP contribution in [-0.2, 0) is 19.4 Å². The minimum absolute atomic E-state index is 0.221. The molecule has 6 heteroatoms. The number of ether oxygens (including phenoxy) is 1. The molecule has 0 aliphatic heterocycles. The van der Waals surface area contributed by atoms with Gasteiger partial charge in [0.25, 0.3) is 0 Å². The monoisotopic (exact) mass is 424 g/mol. The van der Waals surface area contributed by atoms with Crippen molar-refractivity contribution in [3.8, 4) is 17.0 Å². The van der Waals surface area contributed by atoms with Crippen molar-refractivity contribution in [3.63, 3.8) is 0 Å². The first kappa shape index (κ1) is 21.0. The van der Waals surface area contributed by atoms with E-state index in [1.807, 2.05) is 23.0 Å². The van der Waals surface area contributed by atoms with Crippen molar-refractivity contribution >= 4 is 10.9 Å². The lowest BCUT2D eigenvalue weighted by Gasteiger charge is -2.13. The molecule has 4 aromatic rings. The average molecular weight is 424 g/mol. The van der Waals surface area contributed by atoms with Crippen molar-refractivity contribution < 1.29 is 17.9 Å². The fraction of sp³-hybridized carbons (Fsp3) is 0.240. The predicted molar refractivity (Wildman–Crippen MR) is 116 cm³/mol. The maximum Gasteiger partial charge on any atom is 0.573 e. The largest absolute Gasteiger partial charge is 0.573 e. The fourth-order valence-electron chi connectivity index (χ4n) is 3.93. The zero-order chi connectivity index (χ0) is 22.0. The Kier molecular flexibility index (Phi) is 5.72. The summed E-state index contributed by atoms with van der Waals surface area (Å²) in [5.74, 6) is -0.221. The van der Waals surface area contributed by atoms with Crippen LogP contribution in [0.15, 0.2) is 67.0 Å². The zero-order valence-electron chi connectivity index (χ0n) is 17.4. The average Bonchev–Trinajstić information content (AvgIpc) is 3.15. The van der Waals surface area contributed by atoms with Crippen LogP contribution in [0.25, 0.3) is 22.2 Å². The molecule has 0 amide bonds. The number of hydrogen-bond donors (Lipinski definition) is 0. The first-order chi connectivity index (χ1) is 14.9. The van der Waals surface area contributed by atoms with Gasteiger partial charge in [-0.1, -0.05) is 44.2 Å². The summed E-state index contributed by atoms with van der Waals surface area (Å²) in [7, 11) is 0. The van der Waals surface area contributed by atoms with E-state index >= 15 is 0 Å². The van der Waals surface area contributed by atoms with Crippen LogP contribution in [0.5, 0.6) is 5.75 Å². The molecule has 160 valence electrons. The van der Waals surface area contributed by atoms with Gasteiger partial charge in [-0.25, -0.2) is 0 Å². The Hall–Kier alpha value is -3.28. The van der Waals surface area contributed by atoms with Crippen LogP contribution in [0.1, 0.15) is 30.5 Å². The van der Waals surface area contributed by atoms with Crippen molar-refractivity contribution in [1.29, 1.82) is 0 Å². The molecule has 0 saturated heterocycles. The van der Waals surface area contributed by atoms with Crippen molar-refractivity contribution in [2.75, 3.05) is 0 Å². The normalized spacial score (nSPS) is 11.8. The summed E-state index contributed by atoms with van der Waals surface area (Å²) in [6.45, 7) is 4.83. The van der Waals surface area contributed by atoms with Crippen molar-refractivity contribution in [3.05, 3.63) is 83.7 Å². The first-order valence-electron chi connectivity index (χ1n) is 10.3. The van der Waals surface area contributed by atoms with Gasteiger partial charge < -0.3 is 9.30 Å². The van der Waals surface area contributed by atoms with E-state index in [-0.39, 0.29) is 5.75 Å². The van der Waals surface area contributed by atoms with Gasteiger partial charge in [-0.2, -0.15) is 0 Å². The summed E-state index contributed by atoms with van der Waals surface area (Å²) < 4.78 is 43.0. The van der Waals surface area contributed by atoms with Crippen molar-refractivity contribution in [2.45, 2.75) is 39.6 Å². The van der Waals surface area contributed by atoms with E-state index in [4.69, 9.17) is 4.98 Å². The Bertz CT molecular complexity index is 1170. The van der Waals surface area contributed by atoms with Gasteiger partial charge in [0, 0.05) is 23.7 Å². The Balaban J connectivity index is 1.62. The Morgan fingerprint density at radius 3 is 2.23 bits per heavy atom. The first-order valence-corrected chi connectivity index (χ1v) is 10.3. The third kappa shape index (κ3) is 4.58. The lowest BCUT2D eigenvalue weighted by molar-refractivity contribution is -0.274. The summed E-state index contributed by atoms with van der Waals surface area (Å²) in [4.78, 5) is 4.76. The quantitative estimate of drug-likeness (QED) is 0.341. The molecule has 2 aromatic carbocycles. The maximum absolute atomic E-state index is 12.3. The number of alkyl halides is 3. The molecule has 0 N–H and O–H groups in total. The molecule has 0 atom stereocenters. The van der Waals surface area contributed by atoms with Crippen LogP contribution in [0.4, 0.5) is 13.2 Å². The van der Waals surface area contributed by atoms with Crippen molar-refractivity contribution in [2.24, 2.45) is 0 Å².